The molecule has 15 heteroatoms. The van der Waals surface area contributed by atoms with Crippen LogP contribution < -0.4 is 26.6 Å². The molecule has 0 aliphatic rings. The summed E-state index contributed by atoms with van der Waals surface area (Å²) >= 11 is 1.50. The zero-order chi connectivity index (χ0) is 40.4. The Balaban J connectivity index is 1.64. The number of carbonyl (C=O) groups is 6. The lowest BCUT2D eigenvalue weighted by Gasteiger charge is -2.24. The van der Waals surface area contributed by atoms with E-state index >= 15 is 0 Å². The van der Waals surface area contributed by atoms with Crippen LogP contribution in [-0.2, 0) is 52.9 Å². The molecule has 0 aliphatic heterocycles. The molecule has 0 saturated carbocycles. The summed E-state index contributed by atoms with van der Waals surface area (Å²) in [7, 11) is 0. The van der Waals surface area contributed by atoms with E-state index in [0.717, 1.165) is 11.1 Å². The number of benzene rings is 3. The van der Waals surface area contributed by atoms with Gasteiger partial charge in [-0.1, -0.05) is 72.8 Å². The van der Waals surface area contributed by atoms with Gasteiger partial charge >= 0.3 is 12.1 Å². The van der Waals surface area contributed by atoms with Crippen molar-refractivity contribution in [2.75, 3.05) is 18.6 Å². The Morgan fingerprint density at radius 1 is 0.691 bits per heavy atom. The molecule has 0 radical (unpaired) electrons. The second-order valence-electron chi connectivity index (χ2n) is 13.8. The number of thioether (sulfide) groups is 1. The number of hydrogen-bond acceptors (Lipinski definition) is 10. The third kappa shape index (κ3) is 16.5. The second-order valence-corrected chi connectivity index (χ2v) is 14.7. The molecule has 5 amide bonds. The first-order chi connectivity index (χ1) is 26.1. The van der Waals surface area contributed by atoms with Gasteiger partial charge in [0.2, 0.25) is 23.6 Å². The maximum absolute atomic E-state index is 13.7. The summed E-state index contributed by atoms with van der Waals surface area (Å²) in [6.45, 7) is 5.95. The van der Waals surface area contributed by atoms with E-state index in [4.69, 9.17) is 9.47 Å². The summed E-state index contributed by atoms with van der Waals surface area (Å²) in [5, 5.41) is 22.6. The van der Waals surface area contributed by atoms with E-state index in [9.17, 15) is 33.9 Å². The van der Waals surface area contributed by atoms with E-state index in [-0.39, 0.29) is 25.2 Å². The monoisotopic (exact) mass is 777 g/mol. The predicted molar refractivity (Wildman–Crippen MR) is 209 cm³/mol. The Labute approximate surface area is 325 Å². The molecule has 0 bridgehead atoms. The number of esters is 1. The number of phenols is 1. The van der Waals surface area contributed by atoms with Crippen molar-refractivity contribution in [1.82, 2.24) is 26.6 Å². The average molecular weight is 778 g/mol. The first-order valence-corrected chi connectivity index (χ1v) is 19.2. The fraction of sp³-hybridized carbons (Fsp3) is 0.400. The number of hydrogen-bond donors (Lipinski definition) is 6. The number of ether oxygens (including phenoxy) is 2. The van der Waals surface area contributed by atoms with Crippen LogP contribution in [0.1, 0.15) is 50.8 Å². The highest BCUT2D eigenvalue weighted by Crippen LogP contribution is 2.13. The summed E-state index contributed by atoms with van der Waals surface area (Å²) in [5.74, 6) is -2.70. The maximum atomic E-state index is 13.7. The van der Waals surface area contributed by atoms with Crippen molar-refractivity contribution in [2.24, 2.45) is 0 Å². The van der Waals surface area contributed by atoms with Gasteiger partial charge in [0.25, 0.3) is 0 Å². The minimum atomic E-state index is -1.14. The van der Waals surface area contributed by atoms with Gasteiger partial charge in [-0.2, -0.15) is 11.8 Å². The van der Waals surface area contributed by atoms with Crippen molar-refractivity contribution in [3.8, 4) is 5.75 Å². The number of nitrogens with one attached hydrogen (secondary N) is 5. The molecule has 3 aromatic rings. The van der Waals surface area contributed by atoms with Gasteiger partial charge in [-0.05, 0) is 74.9 Å². The lowest BCUT2D eigenvalue weighted by Crippen LogP contribution is -2.57. The zero-order valence-electron chi connectivity index (χ0n) is 31.8. The summed E-state index contributed by atoms with van der Waals surface area (Å²) in [5.41, 5.74) is 1.33. The molecule has 0 heterocycles. The Morgan fingerprint density at radius 3 is 1.82 bits per heavy atom. The molecular formula is C40H51N5O9S. The van der Waals surface area contributed by atoms with E-state index in [1.807, 2.05) is 42.7 Å². The number of carbonyl (C=O) groups excluding carboxylic acids is 6. The lowest BCUT2D eigenvalue weighted by atomic mass is 10.0. The number of aromatic hydroxyl groups is 1. The minimum absolute atomic E-state index is 0.0273. The summed E-state index contributed by atoms with van der Waals surface area (Å²) in [4.78, 5) is 78.8. The SMILES string of the molecule is CSCC[C@H](NC(=O)[C@H](Cc1ccccc1)NC(=O)[C@H](C)NC(=O)CNC(=O)[C@H](Cc1ccc(O)cc1)NC(=O)OC(C)(C)C)C(=O)OCc1ccccc1. The maximum Gasteiger partial charge on any atom is 0.408 e. The van der Waals surface area contributed by atoms with Gasteiger partial charge in [0, 0.05) is 12.8 Å². The van der Waals surface area contributed by atoms with Crippen LogP contribution in [0.3, 0.4) is 0 Å². The molecular weight excluding hydrogens is 727 g/mol. The minimum Gasteiger partial charge on any atom is -0.508 e. The van der Waals surface area contributed by atoms with Crippen LogP contribution in [0.2, 0.25) is 0 Å². The molecule has 296 valence electrons. The number of phenolic OH excluding ortho intramolecular Hbond substituents is 1. The number of alkyl carbamates (subject to hydrolysis) is 1. The molecule has 3 aromatic carbocycles. The van der Waals surface area contributed by atoms with Gasteiger partial charge in [0.15, 0.2) is 0 Å². The van der Waals surface area contributed by atoms with Crippen molar-refractivity contribution in [1.29, 1.82) is 0 Å². The van der Waals surface area contributed by atoms with Crippen LogP contribution in [0.15, 0.2) is 84.9 Å². The molecule has 0 saturated heterocycles. The van der Waals surface area contributed by atoms with Crippen LogP contribution in [0.5, 0.6) is 5.75 Å². The van der Waals surface area contributed by atoms with Gasteiger partial charge < -0.3 is 41.2 Å². The molecule has 6 N–H and O–H groups in total. The number of rotatable bonds is 19. The third-order valence-electron chi connectivity index (χ3n) is 7.93. The van der Waals surface area contributed by atoms with Crippen LogP contribution in [0.25, 0.3) is 0 Å². The zero-order valence-corrected chi connectivity index (χ0v) is 32.6. The van der Waals surface area contributed by atoms with Gasteiger partial charge in [-0.25, -0.2) is 9.59 Å². The Hall–Kier alpha value is -5.57. The van der Waals surface area contributed by atoms with Crippen LogP contribution in [-0.4, -0.2) is 89.1 Å². The highest BCUT2D eigenvalue weighted by molar-refractivity contribution is 7.98. The fourth-order valence-corrected chi connectivity index (χ4v) is 5.59. The first kappa shape index (κ1) is 43.8. The highest BCUT2D eigenvalue weighted by Gasteiger charge is 2.30. The molecule has 0 fully saturated rings. The van der Waals surface area contributed by atoms with E-state index in [1.165, 1.54) is 30.8 Å². The standard InChI is InChI=1S/C40H51N5O9S/c1-26(42-34(47)24-41-36(49)32(45-39(52)54-40(2,3)4)23-28-16-18-30(46)19-17-28)35(48)44-33(22-27-12-8-6-9-13-27)37(50)43-31(20-21-55-5)38(51)53-25-29-14-10-7-11-15-29/h6-19,26,31-33,46H,20-25H2,1-5H3,(H,41,49)(H,42,47)(H,43,50)(H,44,48)(H,45,52)/t26-,31-,32-,33-/m0/s1. The highest BCUT2D eigenvalue weighted by atomic mass is 32.2. The smallest absolute Gasteiger partial charge is 0.408 e. The van der Waals surface area contributed by atoms with Crippen LogP contribution in [0.4, 0.5) is 4.79 Å². The van der Waals surface area contributed by atoms with E-state index in [0.29, 0.717) is 17.7 Å². The fourth-order valence-electron chi connectivity index (χ4n) is 5.12. The van der Waals surface area contributed by atoms with Crippen molar-refractivity contribution >= 4 is 47.5 Å². The Morgan fingerprint density at radius 2 is 1.24 bits per heavy atom. The first-order valence-electron chi connectivity index (χ1n) is 17.8. The van der Waals surface area contributed by atoms with Gasteiger partial charge in [0.05, 0.1) is 6.54 Å². The predicted octanol–water partition coefficient (Wildman–Crippen LogP) is 3.16. The van der Waals surface area contributed by atoms with Crippen molar-refractivity contribution < 1.29 is 43.3 Å². The van der Waals surface area contributed by atoms with Crippen molar-refractivity contribution in [3.63, 3.8) is 0 Å². The lowest BCUT2D eigenvalue weighted by molar-refractivity contribution is -0.149. The van der Waals surface area contributed by atoms with E-state index in [2.05, 4.69) is 26.6 Å². The van der Waals surface area contributed by atoms with Gasteiger partial charge in [-0.15, -0.1) is 0 Å². The molecule has 0 aromatic heterocycles. The Bertz CT molecular complexity index is 1720. The molecule has 3 rings (SSSR count). The normalized spacial score (nSPS) is 13.2. The van der Waals surface area contributed by atoms with Gasteiger partial charge in [-0.3, -0.25) is 19.2 Å². The molecule has 4 atom stereocenters. The molecule has 14 nitrogen and oxygen atoms in total. The molecule has 0 spiro atoms. The quantitative estimate of drug-likeness (QED) is 0.0983. The molecule has 0 unspecified atom stereocenters. The summed E-state index contributed by atoms with van der Waals surface area (Å²) < 4.78 is 10.8. The topological polar surface area (TPSA) is 201 Å². The average Bonchev–Trinajstić information content (AvgIpc) is 3.14. The van der Waals surface area contributed by atoms with Gasteiger partial charge in [0.1, 0.15) is 42.1 Å². The number of amides is 5. The summed E-state index contributed by atoms with van der Waals surface area (Å²) in [6, 6.07) is 19.9. The summed E-state index contributed by atoms with van der Waals surface area (Å²) in [6.07, 6.45) is 1.46. The van der Waals surface area contributed by atoms with Crippen LogP contribution in [0, 0.1) is 0 Å². The van der Waals surface area contributed by atoms with Crippen molar-refractivity contribution in [2.45, 2.75) is 83.3 Å². The van der Waals surface area contributed by atoms with E-state index in [1.54, 1.807) is 57.2 Å². The largest absolute Gasteiger partial charge is 0.508 e. The molecule has 0 aliphatic carbocycles. The van der Waals surface area contributed by atoms with E-state index < -0.39 is 72.0 Å². The second kappa shape index (κ2) is 22.0. The third-order valence-corrected chi connectivity index (χ3v) is 8.57. The Kier molecular flexibility index (Phi) is 17.5. The molecule has 55 heavy (non-hydrogen) atoms. The van der Waals surface area contributed by atoms with Crippen molar-refractivity contribution in [3.05, 3.63) is 102 Å². The van der Waals surface area contributed by atoms with Crippen LogP contribution >= 0.6 is 11.8 Å².